The second kappa shape index (κ2) is 7.48. The molecular formula is C15H16N2O3S3. The molecule has 3 rings (SSSR count). The van der Waals surface area contributed by atoms with Crippen LogP contribution in [0, 0.1) is 0 Å². The fraction of sp³-hybridized carbons (Fsp3) is 0.267. The van der Waals surface area contributed by atoms with Crippen molar-refractivity contribution in [1.82, 2.24) is 9.71 Å². The van der Waals surface area contributed by atoms with Crippen LogP contribution in [0.25, 0.3) is 6.08 Å². The Bertz CT molecular complexity index is 786. The van der Waals surface area contributed by atoms with Gasteiger partial charge in [-0.2, -0.15) is 0 Å². The molecule has 8 heteroatoms. The van der Waals surface area contributed by atoms with Gasteiger partial charge in [0.25, 0.3) is 0 Å². The SMILES string of the molecule is O=S(=O)(NCCCSc1nccs1)C1=Cc2ccccc2OC1. The second-order valence-electron chi connectivity index (χ2n) is 4.83. The lowest BCUT2D eigenvalue weighted by molar-refractivity contribution is 0.353. The summed E-state index contributed by atoms with van der Waals surface area (Å²) in [4.78, 5) is 4.44. The Morgan fingerprint density at radius 2 is 2.22 bits per heavy atom. The van der Waals surface area contributed by atoms with E-state index in [4.69, 9.17) is 4.74 Å². The molecule has 122 valence electrons. The molecular weight excluding hydrogens is 352 g/mol. The van der Waals surface area contributed by atoms with Crippen LogP contribution in [0.2, 0.25) is 0 Å². The monoisotopic (exact) mass is 368 g/mol. The highest BCUT2D eigenvalue weighted by molar-refractivity contribution is 8.01. The molecule has 0 bridgehead atoms. The molecule has 1 aromatic heterocycles. The van der Waals surface area contributed by atoms with Gasteiger partial charge in [-0.05, 0) is 18.6 Å². The largest absolute Gasteiger partial charge is 0.487 e. The zero-order chi connectivity index (χ0) is 16.1. The minimum atomic E-state index is -3.50. The number of aromatic nitrogens is 1. The average molecular weight is 369 g/mol. The van der Waals surface area contributed by atoms with Crippen LogP contribution in [0.1, 0.15) is 12.0 Å². The van der Waals surface area contributed by atoms with Gasteiger partial charge in [0.05, 0.1) is 4.91 Å². The first-order chi connectivity index (χ1) is 11.1. The van der Waals surface area contributed by atoms with E-state index in [9.17, 15) is 8.42 Å². The highest BCUT2D eigenvalue weighted by atomic mass is 32.2. The van der Waals surface area contributed by atoms with Gasteiger partial charge in [0.15, 0.2) is 0 Å². The van der Waals surface area contributed by atoms with Gasteiger partial charge in [-0.1, -0.05) is 30.0 Å². The molecule has 2 heterocycles. The highest BCUT2D eigenvalue weighted by Gasteiger charge is 2.22. The topological polar surface area (TPSA) is 68.3 Å². The first-order valence-electron chi connectivity index (χ1n) is 7.09. The van der Waals surface area contributed by atoms with Gasteiger partial charge in [0.1, 0.15) is 16.7 Å². The number of hydrogen-bond donors (Lipinski definition) is 1. The van der Waals surface area contributed by atoms with Crippen LogP contribution in [0.5, 0.6) is 5.75 Å². The molecule has 1 aliphatic heterocycles. The van der Waals surface area contributed by atoms with E-state index in [1.807, 2.05) is 29.6 Å². The second-order valence-corrected chi connectivity index (χ2v) is 8.89. The van der Waals surface area contributed by atoms with Crippen molar-refractivity contribution in [2.24, 2.45) is 0 Å². The van der Waals surface area contributed by atoms with Gasteiger partial charge in [-0.3, -0.25) is 0 Å². The summed E-state index contributed by atoms with van der Waals surface area (Å²) in [5.74, 6) is 1.54. The van der Waals surface area contributed by atoms with Crippen LogP contribution >= 0.6 is 23.1 Å². The van der Waals surface area contributed by atoms with E-state index < -0.39 is 10.0 Å². The maximum absolute atomic E-state index is 12.3. The highest BCUT2D eigenvalue weighted by Crippen LogP contribution is 2.27. The number of thiazole rings is 1. The standard InChI is InChI=1S/C15H16N2O3S3/c18-23(19,17-6-3-8-21-15-16-7-9-22-15)13-10-12-4-1-2-5-14(12)20-11-13/h1-2,4-5,7,9-10,17H,3,6,8,11H2. The number of benzene rings is 1. The molecule has 0 atom stereocenters. The van der Waals surface area contributed by atoms with Crippen molar-refractivity contribution in [2.45, 2.75) is 10.8 Å². The van der Waals surface area contributed by atoms with Crippen molar-refractivity contribution in [1.29, 1.82) is 0 Å². The Morgan fingerprint density at radius 3 is 3.04 bits per heavy atom. The van der Waals surface area contributed by atoms with Crippen LogP contribution in [0.15, 0.2) is 45.1 Å². The predicted molar refractivity (Wildman–Crippen MR) is 94.3 cm³/mol. The predicted octanol–water partition coefficient (Wildman–Crippen LogP) is 2.98. The van der Waals surface area contributed by atoms with E-state index in [0.29, 0.717) is 12.3 Å². The number of ether oxygens (including phenoxy) is 1. The molecule has 1 N–H and O–H groups in total. The number of nitrogens with one attached hydrogen (secondary N) is 1. The van der Waals surface area contributed by atoms with Gasteiger partial charge < -0.3 is 4.74 Å². The van der Waals surface area contributed by atoms with Crippen molar-refractivity contribution in [3.8, 4) is 5.75 Å². The lowest BCUT2D eigenvalue weighted by Crippen LogP contribution is -2.29. The zero-order valence-electron chi connectivity index (χ0n) is 12.3. The Balaban J connectivity index is 1.52. The molecule has 23 heavy (non-hydrogen) atoms. The normalized spacial score (nSPS) is 14.0. The number of hydrogen-bond acceptors (Lipinski definition) is 6. The molecule has 0 radical (unpaired) electrons. The molecule has 5 nitrogen and oxygen atoms in total. The molecule has 1 aromatic carbocycles. The summed E-state index contributed by atoms with van der Waals surface area (Å²) in [5.41, 5.74) is 0.790. The molecule has 0 aliphatic carbocycles. The molecule has 1 aliphatic rings. The molecule has 2 aromatic rings. The Labute approximate surface area is 143 Å². The van der Waals surface area contributed by atoms with E-state index >= 15 is 0 Å². The van der Waals surface area contributed by atoms with E-state index in [1.165, 1.54) is 0 Å². The number of para-hydroxylation sites is 1. The Hall–Kier alpha value is -1.35. The molecule has 0 saturated carbocycles. The van der Waals surface area contributed by atoms with E-state index in [1.54, 1.807) is 35.4 Å². The van der Waals surface area contributed by atoms with Gasteiger partial charge in [0.2, 0.25) is 10.0 Å². The number of sulfonamides is 1. The summed E-state index contributed by atoms with van der Waals surface area (Å²) in [6.45, 7) is 0.472. The summed E-state index contributed by atoms with van der Waals surface area (Å²) in [6, 6.07) is 7.40. The molecule has 0 saturated heterocycles. The lowest BCUT2D eigenvalue weighted by Gasteiger charge is -2.18. The summed E-state index contributed by atoms with van der Waals surface area (Å²) in [5, 5.41) is 1.93. The quantitative estimate of drug-likeness (QED) is 0.601. The lowest BCUT2D eigenvalue weighted by atomic mass is 10.1. The summed E-state index contributed by atoms with van der Waals surface area (Å²) in [7, 11) is -3.50. The third-order valence-corrected chi connectivity index (χ3v) is 6.76. The number of thioether (sulfide) groups is 1. The maximum Gasteiger partial charge on any atom is 0.240 e. The average Bonchev–Trinajstić information content (AvgIpc) is 3.07. The van der Waals surface area contributed by atoms with E-state index in [0.717, 1.165) is 22.1 Å². The Morgan fingerprint density at radius 1 is 1.35 bits per heavy atom. The molecule has 0 fully saturated rings. The third-order valence-electron chi connectivity index (χ3n) is 3.20. The van der Waals surface area contributed by atoms with Crippen LogP contribution in [0.4, 0.5) is 0 Å². The fourth-order valence-electron chi connectivity index (χ4n) is 2.06. The Kier molecular flexibility index (Phi) is 5.37. The zero-order valence-corrected chi connectivity index (χ0v) is 14.7. The van der Waals surface area contributed by atoms with Crippen LogP contribution < -0.4 is 9.46 Å². The summed E-state index contributed by atoms with van der Waals surface area (Å²) >= 11 is 3.23. The summed E-state index contributed by atoms with van der Waals surface area (Å²) in [6.07, 6.45) is 4.18. The first-order valence-corrected chi connectivity index (χ1v) is 10.4. The van der Waals surface area contributed by atoms with Crippen molar-refractivity contribution >= 4 is 39.2 Å². The molecule has 0 spiro atoms. The van der Waals surface area contributed by atoms with Gasteiger partial charge >= 0.3 is 0 Å². The number of rotatable bonds is 7. The van der Waals surface area contributed by atoms with Crippen molar-refractivity contribution < 1.29 is 13.2 Å². The fourth-order valence-corrected chi connectivity index (χ4v) is 4.80. The minimum Gasteiger partial charge on any atom is -0.487 e. The van der Waals surface area contributed by atoms with Crippen LogP contribution in [-0.4, -0.2) is 32.3 Å². The van der Waals surface area contributed by atoms with Crippen LogP contribution in [-0.2, 0) is 10.0 Å². The molecule has 0 amide bonds. The van der Waals surface area contributed by atoms with E-state index in [2.05, 4.69) is 9.71 Å². The maximum atomic E-state index is 12.3. The minimum absolute atomic E-state index is 0.0697. The van der Waals surface area contributed by atoms with Crippen molar-refractivity contribution in [3.63, 3.8) is 0 Å². The van der Waals surface area contributed by atoms with Gasteiger partial charge in [-0.15, -0.1) is 11.3 Å². The molecule has 0 unspecified atom stereocenters. The first kappa shape index (κ1) is 16.5. The smallest absolute Gasteiger partial charge is 0.240 e. The number of fused-ring (bicyclic) bond motifs is 1. The van der Waals surface area contributed by atoms with Crippen molar-refractivity contribution in [3.05, 3.63) is 46.3 Å². The van der Waals surface area contributed by atoms with Crippen LogP contribution in [0.3, 0.4) is 0 Å². The van der Waals surface area contributed by atoms with Gasteiger partial charge in [-0.25, -0.2) is 18.1 Å². The van der Waals surface area contributed by atoms with Gasteiger partial charge in [0, 0.05) is 29.4 Å². The van der Waals surface area contributed by atoms with E-state index in [-0.39, 0.29) is 11.5 Å². The third kappa shape index (κ3) is 4.35. The summed E-state index contributed by atoms with van der Waals surface area (Å²) < 4.78 is 33.8. The van der Waals surface area contributed by atoms with Crippen molar-refractivity contribution in [2.75, 3.05) is 18.9 Å². The number of nitrogens with zero attached hydrogens (tertiary/aromatic N) is 1.